The molecule has 0 saturated carbocycles. The topological polar surface area (TPSA) is 66.5 Å². The lowest BCUT2D eigenvalue weighted by atomic mass is 10.1. The molecule has 1 aliphatic rings. The molecule has 3 aromatic rings. The third kappa shape index (κ3) is 3.12. The zero-order valence-corrected chi connectivity index (χ0v) is 15.1. The second-order valence-corrected chi connectivity index (χ2v) is 6.95. The van der Waals surface area contributed by atoms with E-state index >= 15 is 0 Å². The van der Waals surface area contributed by atoms with Crippen molar-refractivity contribution in [2.45, 2.75) is 6.42 Å². The maximum atomic E-state index is 8.98. The molecule has 1 aliphatic heterocycles. The van der Waals surface area contributed by atoms with E-state index < -0.39 is 0 Å². The van der Waals surface area contributed by atoms with E-state index in [0.29, 0.717) is 40.5 Å². The monoisotopic (exact) mass is 367 g/mol. The fourth-order valence-corrected chi connectivity index (χ4v) is 3.56. The van der Waals surface area contributed by atoms with Gasteiger partial charge in [-0.1, -0.05) is 23.7 Å². The maximum absolute atomic E-state index is 8.98. The van der Waals surface area contributed by atoms with E-state index in [-0.39, 0.29) is 0 Å². The molecule has 1 atom stereocenters. The van der Waals surface area contributed by atoms with Crippen LogP contribution in [0.15, 0.2) is 36.7 Å². The Kier molecular flexibility index (Phi) is 4.49. The number of hydrogen-bond donors (Lipinski definition) is 0. The van der Waals surface area contributed by atoms with Gasteiger partial charge in [-0.05, 0) is 32.1 Å². The first-order chi connectivity index (χ1) is 12.7. The number of nitriles is 1. The molecule has 0 aliphatic carbocycles. The van der Waals surface area contributed by atoms with Gasteiger partial charge in [-0.3, -0.25) is 4.40 Å². The third-order valence-electron chi connectivity index (χ3n) is 4.68. The zero-order valence-electron chi connectivity index (χ0n) is 14.4. The summed E-state index contributed by atoms with van der Waals surface area (Å²) in [4.78, 5) is 11.3. The van der Waals surface area contributed by atoms with Crippen molar-refractivity contribution in [2.75, 3.05) is 26.7 Å². The van der Waals surface area contributed by atoms with Crippen molar-refractivity contribution in [3.8, 4) is 23.2 Å². The summed E-state index contributed by atoms with van der Waals surface area (Å²) < 4.78 is 7.82. The minimum absolute atomic E-state index is 0.468. The summed E-state index contributed by atoms with van der Waals surface area (Å²) >= 11 is 6.54. The van der Waals surface area contributed by atoms with Crippen LogP contribution in [0, 0.1) is 17.2 Å². The van der Waals surface area contributed by atoms with E-state index in [1.165, 1.54) is 0 Å². The van der Waals surface area contributed by atoms with Gasteiger partial charge in [0.15, 0.2) is 0 Å². The molecule has 4 rings (SSSR count). The van der Waals surface area contributed by atoms with E-state index in [1.807, 2.05) is 12.1 Å². The molecule has 0 amide bonds. The molecule has 7 heteroatoms. The van der Waals surface area contributed by atoms with Crippen LogP contribution in [0.5, 0.6) is 5.88 Å². The van der Waals surface area contributed by atoms with Crippen molar-refractivity contribution in [1.29, 1.82) is 5.26 Å². The first-order valence-corrected chi connectivity index (χ1v) is 8.88. The number of aromatic nitrogens is 3. The van der Waals surface area contributed by atoms with Gasteiger partial charge >= 0.3 is 0 Å². The number of likely N-dealkylation sites (tertiary alicyclic amines) is 1. The first-order valence-electron chi connectivity index (χ1n) is 8.50. The SMILES string of the molecule is CN1CC[C@@H](COc2nc(-c3ccc(C#N)cc3)c(Cl)n3ccnc23)C1. The van der Waals surface area contributed by atoms with Crippen LogP contribution in [0.4, 0.5) is 0 Å². The second kappa shape index (κ2) is 6.94. The molecule has 0 N–H and O–H groups in total. The van der Waals surface area contributed by atoms with E-state index in [9.17, 15) is 0 Å². The molecule has 2 aromatic heterocycles. The van der Waals surface area contributed by atoms with Crippen LogP contribution < -0.4 is 4.74 Å². The summed E-state index contributed by atoms with van der Waals surface area (Å²) in [7, 11) is 2.12. The van der Waals surface area contributed by atoms with Crippen LogP contribution in [0.25, 0.3) is 16.9 Å². The fourth-order valence-electron chi connectivity index (χ4n) is 3.27. The quantitative estimate of drug-likeness (QED) is 0.708. The highest BCUT2D eigenvalue weighted by molar-refractivity contribution is 6.32. The lowest BCUT2D eigenvalue weighted by Gasteiger charge is -2.14. The summed E-state index contributed by atoms with van der Waals surface area (Å²) in [5, 5.41) is 9.44. The van der Waals surface area contributed by atoms with Gasteiger partial charge in [0.1, 0.15) is 10.8 Å². The van der Waals surface area contributed by atoms with Crippen molar-refractivity contribution in [2.24, 2.45) is 5.92 Å². The lowest BCUT2D eigenvalue weighted by Crippen LogP contribution is -2.18. The van der Waals surface area contributed by atoms with Crippen molar-refractivity contribution in [1.82, 2.24) is 19.3 Å². The maximum Gasteiger partial charge on any atom is 0.259 e. The van der Waals surface area contributed by atoms with Gasteiger partial charge < -0.3 is 9.64 Å². The normalized spacial score (nSPS) is 17.5. The predicted molar refractivity (Wildman–Crippen MR) is 99.2 cm³/mol. The first kappa shape index (κ1) is 16.8. The standard InChI is InChI=1S/C19H18ClN5O/c1-24-8-6-14(11-24)12-26-19-18-22-7-9-25(18)17(20)16(23-19)15-4-2-13(10-21)3-5-15/h2-5,7,9,14H,6,8,11-12H2,1H3/t14-/m1/s1. The number of ether oxygens (including phenoxy) is 1. The van der Waals surface area contributed by atoms with Gasteiger partial charge in [0.25, 0.3) is 5.88 Å². The minimum atomic E-state index is 0.468. The number of fused-ring (bicyclic) bond motifs is 1. The summed E-state index contributed by atoms with van der Waals surface area (Å²) in [6.45, 7) is 2.73. The number of rotatable bonds is 4. The Labute approximate surface area is 156 Å². The van der Waals surface area contributed by atoms with Gasteiger partial charge in [0.05, 0.1) is 18.2 Å². The molecule has 1 aromatic carbocycles. The Morgan fingerprint density at radius 2 is 2.15 bits per heavy atom. The largest absolute Gasteiger partial charge is 0.475 e. The Hall–Kier alpha value is -2.62. The summed E-state index contributed by atoms with van der Waals surface area (Å²) in [5.74, 6) is 0.971. The molecular formula is C19H18ClN5O. The van der Waals surface area contributed by atoms with Crippen molar-refractivity contribution in [3.05, 3.63) is 47.4 Å². The molecule has 0 spiro atoms. The molecule has 132 valence electrons. The molecule has 3 heterocycles. The molecule has 6 nitrogen and oxygen atoms in total. The highest BCUT2D eigenvalue weighted by Gasteiger charge is 2.22. The third-order valence-corrected chi connectivity index (χ3v) is 5.05. The summed E-state index contributed by atoms with van der Waals surface area (Å²) in [6.07, 6.45) is 4.60. The molecular weight excluding hydrogens is 350 g/mol. The van der Waals surface area contributed by atoms with Crippen LogP contribution in [0.1, 0.15) is 12.0 Å². The zero-order chi connectivity index (χ0) is 18.1. The fraction of sp³-hybridized carbons (Fsp3) is 0.316. The van der Waals surface area contributed by atoms with Gasteiger partial charge in [-0.2, -0.15) is 5.26 Å². The lowest BCUT2D eigenvalue weighted by molar-refractivity contribution is 0.242. The van der Waals surface area contributed by atoms with E-state index in [0.717, 1.165) is 25.1 Å². The number of imidazole rings is 1. The Morgan fingerprint density at radius 3 is 2.85 bits per heavy atom. The van der Waals surface area contributed by atoms with Crippen molar-refractivity contribution < 1.29 is 4.74 Å². The second-order valence-electron chi connectivity index (χ2n) is 6.59. The minimum Gasteiger partial charge on any atom is -0.475 e. The van der Waals surface area contributed by atoms with Gasteiger partial charge in [0.2, 0.25) is 5.65 Å². The predicted octanol–water partition coefficient (Wildman–Crippen LogP) is 3.25. The summed E-state index contributed by atoms with van der Waals surface area (Å²) in [6, 6.07) is 9.29. The van der Waals surface area contributed by atoms with E-state index in [2.05, 4.69) is 28.0 Å². The molecule has 1 saturated heterocycles. The van der Waals surface area contributed by atoms with Crippen LogP contribution >= 0.6 is 11.6 Å². The molecule has 0 radical (unpaired) electrons. The van der Waals surface area contributed by atoms with Gasteiger partial charge in [-0.25, -0.2) is 9.97 Å². The molecule has 0 bridgehead atoms. The van der Waals surface area contributed by atoms with Crippen LogP contribution in [0.2, 0.25) is 5.15 Å². The summed E-state index contributed by atoms with van der Waals surface area (Å²) in [5.41, 5.74) is 2.64. The number of nitrogens with zero attached hydrogens (tertiary/aromatic N) is 5. The number of hydrogen-bond acceptors (Lipinski definition) is 5. The average molecular weight is 368 g/mol. The van der Waals surface area contributed by atoms with Gasteiger partial charge in [0, 0.05) is 30.4 Å². The number of halogens is 1. The Morgan fingerprint density at radius 1 is 1.35 bits per heavy atom. The smallest absolute Gasteiger partial charge is 0.259 e. The highest BCUT2D eigenvalue weighted by Crippen LogP contribution is 2.31. The van der Waals surface area contributed by atoms with Crippen molar-refractivity contribution >= 4 is 17.2 Å². The molecule has 1 fully saturated rings. The Bertz CT molecular complexity index is 976. The highest BCUT2D eigenvalue weighted by atomic mass is 35.5. The average Bonchev–Trinajstić information content (AvgIpc) is 3.31. The molecule has 26 heavy (non-hydrogen) atoms. The van der Waals surface area contributed by atoms with Gasteiger partial charge in [-0.15, -0.1) is 0 Å². The van der Waals surface area contributed by atoms with Crippen LogP contribution in [-0.2, 0) is 0 Å². The Balaban J connectivity index is 1.69. The van der Waals surface area contributed by atoms with E-state index in [1.54, 1.807) is 28.9 Å². The van der Waals surface area contributed by atoms with E-state index in [4.69, 9.17) is 21.6 Å². The van der Waals surface area contributed by atoms with Crippen LogP contribution in [0.3, 0.4) is 0 Å². The van der Waals surface area contributed by atoms with Crippen molar-refractivity contribution in [3.63, 3.8) is 0 Å². The number of benzene rings is 1. The molecule has 0 unspecified atom stereocenters. The van der Waals surface area contributed by atoms with Crippen LogP contribution in [-0.4, -0.2) is 46.0 Å².